The highest BCUT2D eigenvalue weighted by atomic mass is 32.2. The second-order valence-electron chi connectivity index (χ2n) is 8.02. The molecule has 0 bridgehead atoms. The maximum absolute atomic E-state index is 13.7. The summed E-state index contributed by atoms with van der Waals surface area (Å²) in [5, 5.41) is 0. The van der Waals surface area contributed by atoms with Crippen molar-refractivity contribution in [3.63, 3.8) is 0 Å². The van der Waals surface area contributed by atoms with E-state index in [4.69, 9.17) is 0 Å². The lowest BCUT2D eigenvalue weighted by Gasteiger charge is -2.41. The maximum atomic E-state index is 13.7. The molecule has 0 saturated heterocycles. The fourth-order valence-electron chi connectivity index (χ4n) is 2.81. The standard InChI is InChI=1S/C18H14F15NO5S/c1-7-4-8(2)10(9(3)5-7)39-40(36,37)34-11(35)38-6-12(19,20)13(21,22)14(23,24)15(25,26)16(27,28)17(29,30)18(31,32)33/h4-5H,6H2,1-3H3,(H,34,35). The average molecular weight is 641 g/mol. The van der Waals surface area contributed by atoms with E-state index in [1.807, 2.05) is 0 Å². The number of nitrogens with one attached hydrogen (secondary N) is 1. The number of ether oxygens (including phenoxy) is 1. The topological polar surface area (TPSA) is 81.7 Å². The van der Waals surface area contributed by atoms with Crippen LogP contribution in [0, 0.1) is 20.8 Å². The first-order valence-electron chi connectivity index (χ1n) is 9.70. The lowest BCUT2D eigenvalue weighted by Crippen LogP contribution is -2.73. The zero-order chi connectivity index (χ0) is 32.1. The second-order valence-corrected chi connectivity index (χ2v) is 9.30. The van der Waals surface area contributed by atoms with Crippen molar-refractivity contribution in [1.82, 2.24) is 4.72 Å². The number of hydrogen-bond acceptors (Lipinski definition) is 5. The molecule has 1 aromatic carbocycles. The third kappa shape index (κ3) is 5.94. The second kappa shape index (κ2) is 10.2. The molecule has 0 aliphatic carbocycles. The van der Waals surface area contributed by atoms with Crippen LogP contribution in [0.25, 0.3) is 0 Å². The van der Waals surface area contributed by atoms with E-state index in [0.29, 0.717) is 10.3 Å². The van der Waals surface area contributed by atoms with E-state index in [0.717, 1.165) is 0 Å². The van der Waals surface area contributed by atoms with Crippen molar-refractivity contribution in [3.8, 4) is 5.75 Å². The number of carbonyl (C=O) groups is 1. The van der Waals surface area contributed by atoms with Crippen LogP contribution in [0.15, 0.2) is 12.1 Å². The number of benzene rings is 1. The Labute approximate surface area is 213 Å². The van der Waals surface area contributed by atoms with Crippen LogP contribution in [0.4, 0.5) is 70.7 Å². The van der Waals surface area contributed by atoms with Crippen molar-refractivity contribution in [2.24, 2.45) is 0 Å². The molecule has 232 valence electrons. The Hall–Kier alpha value is -2.81. The quantitative estimate of drug-likeness (QED) is 0.302. The van der Waals surface area contributed by atoms with Gasteiger partial charge in [-0.2, -0.15) is 79.0 Å². The van der Waals surface area contributed by atoms with Gasteiger partial charge in [0.05, 0.1) is 0 Å². The molecule has 1 N–H and O–H groups in total. The summed E-state index contributed by atoms with van der Waals surface area (Å²) in [6, 6.07) is 2.70. The Kier molecular flexibility index (Phi) is 9.01. The molecule has 0 fully saturated rings. The van der Waals surface area contributed by atoms with E-state index in [9.17, 15) is 79.1 Å². The summed E-state index contributed by atoms with van der Waals surface area (Å²) in [4.78, 5) is 11.4. The number of rotatable bonds is 10. The predicted molar refractivity (Wildman–Crippen MR) is 100 cm³/mol. The lowest BCUT2D eigenvalue weighted by atomic mass is 9.91. The molecule has 0 aromatic heterocycles. The van der Waals surface area contributed by atoms with Gasteiger partial charge in [-0.05, 0) is 31.9 Å². The van der Waals surface area contributed by atoms with Crippen LogP contribution in [0.2, 0.25) is 0 Å². The van der Waals surface area contributed by atoms with E-state index in [1.165, 1.54) is 26.0 Å². The van der Waals surface area contributed by atoms with Gasteiger partial charge in [-0.1, -0.05) is 17.7 Å². The van der Waals surface area contributed by atoms with Crippen molar-refractivity contribution in [1.29, 1.82) is 0 Å². The highest BCUT2D eigenvalue weighted by molar-refractivity contribution is 7.85. The molecule has 40 heavy (non-hydrogen) atoms. The minimum atomic E-state index is -8.52. The normalized spacial score (nSPS) is 14.7. The van der Waals surface area contributed by atoms with Gasteiger partial charge in [-0.15, -0.1) is 0 Å². The van der Waals surface area contributed by atoms with Gasteiger partial charge in [-0.25, -0.2) is 4.79 Å². The first-order valence-corrected chi connectivity index (χ1v) is 11.1. The van der Waals surface area contributed by atoms with Gasteiger partial charge in [-0.3, -0.25) is 0 Å². The first kappa shape index (κ1) is 35.2. The van der Waals surface area contributed by atoms with Gasteiger partial charge < -0.3 is 8.92 Å². The summed E-state index contributed by atoms with van der Waals surface area (Å²) in [6.07, 6.45) is -10.5. The lowest BCUT2D eigenvalue weighted by molar-refractivity contribution is -0.453. The molecule has 6 nitrogen and oxygen atoms in total. The zero-order valence-corrected chi connectivity index (χ0v) is 20.3. The molecule has 0 atom stereocenters. The molecule has 22 heteroatoms. The number of aryl methyl sites for hydroxylation is 3. The van der Waals surface area contributed by atoms with Gasteiger partial charge in [0.1, 0.15) is 5.75 Å². The van der Waals surface area contributed by atoms with E-state index >= 15 is 0 Å². The molecule has 0 aliphatic heterocycles. The number of hydrogen-bond donors (Lipinski definition) is 1. The summed E-state index contributed by atoms with van der Waals surface area (Å²) in [6.45, 7) is 0.620. The number of carbonyl (C=O) groups excluding carboxylic acids is 1. The SMILES string of the molecule is Cc1cc(C)c(OS(=O)(=O)NC(=O)OCC(F)(F)C(F)(F)C(F)(F)C(F)(F)C(F)(F)C(F)(F)C(F)(F)F)c(C)c1. The van der Waals surface area contributed by atoms with Crippen LogP contribution >= 0.6 is 0 Å². The van der Waals surface area contributed by atoms with Crippen LogP contribution in [-0.2, 0) is 15.0 Å². The van der Waals surface area contributed by atoms with Gasteiger partial charge in [0.2, 0.25) is 0 Å². The molecule has 0 aliphatic rings. The summed E-state index contributed by atoms with van der Waals surface area (Å²) in [5.74, 6) is -48.8. The van der Waals surface area contributed by atoms with Crippen LogP contribution in [0.1, 0.15) is 16.7 Å². The fourth-order valence-corrected chi connectivity index (χ4v) is 3.59. The molecular weight excluding hydrogens is 627 g/mol. The highest BCUT2D eigenvalue weighted by Crippen LogP contribution is 2.62. The largest absolute Gasteiger partial charge is 0.460 e. The molecule has 1 amide bonds. The van der Waals surface area contributed by atoms with Crippen molar-refractivity contribution in [2.75, 3.05) is 6.61 Å². The molecule has 0 heterocycles. The Morgan fingerprint density at radius 2 is 1.07 bits per heavy atom. The molecule has 1 aromatic rings. The summed E-state index contributed by atoms with van der Waals surface area (Å²) in [5.41, 5.74) is 0.800. The Bertz CT molecular complexity index is 1210. The van der Waals surface area contributed by atoms with Crippen molar-refractivity contribution < 1.29 is 88.0 Å². The average Bonchev–Trinajstić information content (AvgIpc) is 2.73. The Morgan fingerprint density at radius 3 is 1.48 bits per heavy atom. The summed E-state index contributed by atoms with van der Waals surface area (Å²) in [7, 11) is -5.41. The molecule has 0 unspecified atom stereocenters. The minimum absolute atomic E-state index is 0.110. The number of alkyl halides is 15. The van der Waals surface area contributed by atoms with E-state index in [2.05, 4.69) is 8.92 Å². The Balaban J connectivity index is 3.19. The fraction of sp³-hybridized carbons (Fsp3) is 0.611. The molecular formula is C18H14F15NO5S. The zero-order valence-electron chi connectivity index (χ0n) is 19.5. The molecule has 0 saturated carbocycles. The van der Waals surface area contributed by atoms with Crippen LogP contribution < -0.4 is 8.91 Å². The monoisotopic (exact) mass is 641 g/mol. The van der Waals surface area contributed by atoms with E-state index < -0.39 is 70.5 Å². The highest BCUT2D eigenvalue weighted by Gasteiger charge is 2.93. The first-order chi connectivity index (χ1) is 17.4. The maximum Gasteiger partial charge on any atom is 0.460 e. The third-order valence-corrected chi connectivity index (χ3v) is 5.59. The van der Waals surface area contributed by atoms with Crippen molar-refractivity contribution in [3.05, 3.63) is 28.8 Å². The van der Waals surface area contributed by atoms with Crippen molar-refractivity contribution in [2.45, 2.75) is 62.5 Å². The summed E-state index contributed by atoms with van der Waals surface area (Å²) < 4.78 is 229. The molecule has 0 spiro atoms. The Morgan fingerprint density at radius 1 is 0.700 bits per heavy atom. The van der Waals surface area contributed by atoms with Gasteiger partial charge >= 0.3 is 58.1 Å². The van der Waals surface area contributed by atoms with Gasteiger partial charge in [0, 0.05) is 0 Å². The predicted octanol–water partition coefficient (Wildman–Crippen LogP) is 6.34. The molecule has 0 radical (unpaired) electrons. The minimum Gasteiger partial charge on any atom is -0.442 e. The third-order valence-electron chi connectivity index (χ3n) is 4.78. The van der Waals surface area contributed by atoms with Gasteiger partial charge in [0.15, 0.2) is 6.61 Å². The van der Waals surface area contributed by atoms with Crippen LogP contribution in [-0.4, -0.2) is 62.8 Å². The van der Waals surface area contributed by atoms with Crippen LogP contribution in [0.5, 0.6) is 5.75 Å². The van der Waals surface area contributed by atoms with Crippen LogP contribution in [0.3, 0.4) is 0 Å². The smallest absolute Gasteiger partial charge is 0.442 e. The number of halogens is 15. The number of amides is 1. The van der Waals surface area contributed by atoms with E-state index in [-0.39, 0.29) is 11.1 Å². The van der Waals surface area contributed by atoms with Gasteiger partial charge in [0.25, 0.3) is 0 Å². The van der Waals surface area contributed by atoms with Crippen molar-refractivity contribution >= 4 is 16.4 Å². The molecule has 1 rings (SSSR count). The van der Waals surface area contributed by atoms with E-state index in [1.54, 1.807) is 6.92 Å². The summed E-state index contributed by atoms with van der Waals surface area (Å²) >= 11 is 0.